The third-order valence-electron chi connectivity index (χ3n) is 3.45. The van der Waals surface area contributed by atoms with Crippen molar-refractivity contribution in [3.63, 3.8) is 0 Å². The van der Waals surface area contributed by atoms with Crippen LogP contribution in [0.5, 0.6) is 0 Å². The summed E-state index contributed by atoms with van der Waals surface area (Å²) in [5.74, 6) is -0.500. The maximum atomic E-state index is 12.1. The minimum atomic E-state index is -0.623. The Morgan fingerprint density at radius 1 is 1.35 bits per heavy atom. The molecule has 1 aromatic rings. The van der Waals surface area contributed by atoms with E-state index >= 15 is 0 Å². The van der Waals surface area contributed by atoms with Gasteiger partial charge < -0.3 is 0 Å². The fourth-order valence-electron chi connectivity index (χ4n) is 2.35. The Morgan fingerprint density at radius 3 is 2.59 bits per heavy atom. The van der Waals surface area contributed by atoms with Gasteiger partial charge in [-0.3, -0.25) is 14.9 Å². The average molecular weight is 249 g/mol. The zero-order chi connectivity index (χ0) is 12.5. The molecule has 1 fully saturated rings. The molecule has 17 heavy (non-hydrogen) atoms. The van der Waals surface area contributed by atoms with Crippen molar-refractivity contribution in [1.29, 1.82) is 0 Å². The largest absolute Gasteiger partial charge is 0.295 e. The summed E-state index contributed by atoms with van der Waals surface area (Å²) in [4.78, 5) is 23.6. The lowest BCUT2D eigenvalue weighted by atomic mass is 9.72. The van der Waals surface area contributed by atoms with Crippen molar-refractivity contribution in [2.24, 2.45) is 0 Å². The maximum absolute atomic E-state index is 12.1. The van der Waals surface area contributed by atoms with E-state index < -0.39 is 10.7 Å². The number of amides is 2. The van der Waals surface area contributed by atoms with Crippen LogP contribution in [0.2, 0.25) is 0 Å². The van der Waals surface area contributed by atoms with E-state index in [0.717, 1.165) is 5.56 Å². The highest BCUT2D eigenvalue weighted by Crippen LogP contribution is 2.37. The normalized spacial score (nSPS) is 28.9. The quantitative estimate of drug-likeness (QED) is 0.619. The fraction of sp³-hybridized carbons (Fsp3) is 0.385. The van der Waals surface area contributed by atoms with Crippen LogP contribution in [-0.4, -0.2) is 17.1 Å². The van der Waals surface area contributed by atoms with Crippen LogP contribution in [0.15, 0.2) is 30.3 Å². The molecule has 2 unspecified atom stereocenters. The van der Waals surface area contributed by atoms with Crippen LogP contribution in [0.1, 0.15) is 25.3 Å². The van der Waals surface area contributed by atoms with Crippen molar-refractivity contribution in [1.82, 2.24) is 5.32 Å². The van der Waals surface area contributed by atoms with E-state index in [2.05, 4.69) is 17.9 Å². The van der Waals surface area contributed by atoms with Gasteiger partial charge in [-0.2, -0.15) is 12.6 Å². The van der Waals surface area contributed by atoms with Crippen LogP contribution in [-0.2, 0) is 15.0 Å². The molecule has 0 aromatic heterocycles. The van der Waals surface area contributed by atoms with Gasteiger partial charge in [-0.25, -0.2) is 0 Å². The van der Waals surface area contributed by atoms with E-state index in [1.54, 1.807) is 0 Å². The molecular weight excluding hydrogens is 234 g/mol. The summed E-state index contributed by atoms with van der Waals surface area (Å²) in [7, 11) is 0. The number of nitrogens with one attached hydrogen (secondary N) is 1. The second-order valence-corrected chi connectivity index (χ2v) is 4.96. The van der Waals surface area contributed by atoms with Gasteiger partial charge in [-0.1, -0.05) is 37.3 Å². The molecule has 3 nitrogen and oxygen atoms in total. The Labute approximate surface area is 106 Å². The van der Waals surface area contributed by atoms with Gasteiger partial charge in [0.1, 0.15) is 0 Å². The van der Waals surface area contributed by atoms with Gasteiger partial charge >= 0.3 is 0 Å². The Kier molecular flexibility index (Phi) is 3.24. The van der Waals surface area contributed by atoms with Crippen LogP contribution in [0, 0.1) is 0 Å². The Hall–Kier alpha value is -1.29. The van der Waals surface area contributed by atoms with Gasteiger partial charge in [-0.05, 0) is 18.4 Å². The third-order valence-corrected chi connectivity index (χ3v) is 3.86. The Balaban J connectivity index is 2.44. The zero-order valence-electron chi connectivity index (χ0n) is 9.64. The van der Waals surface area contributed by atoms with Crippen molar-refractivity contribution in [3.8, 4) is 0 Å². The zero-order valence-corrected chi connectivity index (χ0v) is 10.5. The molecule has 1 aromatic carbocycles. The predicted molar refractivity (Wildman–Crippen MR) is 69.0 cm³/mol. The molecule has 1 N–H and O–H groups in total. The van der Waals surface area contributed by atoms with Crippen molar-refractivity contribution in [2.45, 2.75) is 30.4 Å². The van der Waals surface area contributed by atoms with E-state index in [-0.39, 0.29) is 11.8 Å². The van der Waals surface area contributed by atoms with E-state index in [1.165, 1.54) is 0 Å². The first-order chi connectivity index (χ1) is 8.10. The molecule has 0 radical (unpaired) electrons. The number of imide groups is 1. The molecule has 2 rings (SSSR count). The summed E-state index contributed by atoms with van der Waals surface area (Å²) < 4.78 is 0. The number of hydrogen-bond acceptors (Lipinski definition) is 3. The maximum Gasteiger partial charge on any atom is 0.239 e. The highest BCUT2D eigenvalue weighted by molar-refractivity contribution is 7.81. The molecule has 0 saturated carbocycles. The first kappa shape index (κ1) is 12.2. The summed E-state index contributed by atoms with van der Waals surface area (Å²) in [5, 5.41) is 1.99. The first-order valence-corrected chi connectivity index (χ1v) is 6.20. The highest BCUT2D eigenvalue weighted by Gasteiger charge is 2.45. The van der Waals surface area contributed by atoms with E-state index in [1.807, 2.05) is 37.3 Å². The number of carbonyl (C=O) groups is 2. The molecule has 2 atom stereocenters. The molecule has 1 saturated heterocycles. The summed E-state index contributed by atoms with van der Waals surface area (Å²) in [6, 6.07) is 9.59. The molecule has 0 aliphatic carbocycles. The standard InChI is InChI=1S/C13H15NO2S/c1-2-13(9-6-4-3-5-7-9)8-10(17)11(15)14-12(13)16/h3-7,10,17H,2,8H2,1H3,(H,14,15,16). The highest BCUT2D eigenvalue weighted by atomic mass is 32.1. The van der Waals surface area contributed by atoms with Gasteiger partial charge in [0.25, 0.3) is 0 Å². The minimum Gasteiger partial charge on any atom is -0.295 e. The molecule has 90 valence electrons. The van der Waals surface area contributed by atoms with E-state index in [0.29, 0.717) is 12.8 Å². The van der Waals surface area contributed by atoms with Crippen LogP contribution < -0.4 is 5.32 Å². The van der Waals surface area contributed by atoms with E-state index in [9.17, 15) is 9.59 Å². The monoisotopic (exact) mass is 249 g/mol. The van der Waals surface area contributed by atoms with E-state index in [4.69, 9.17) is 0 Å². The van der Waals surface area contributed by atoms with Gasteiger partial charge in [0.05, 0.1) is 10.7 Å². The molecule has 0 spiro atoms. The third kappa shape index (κ3) is 1.97. The smallest absolute Gasteiger partial charge is 0.239 e. The fourth-order valence-corrected chi connectivity index (χ4v) is 2.72. The number of thiol groups is 1. The summed E-state index contributed by atoms with van der Waals surface area (Å²) in [6.45, 7) is 1.96. The van der Waals surface area contributed by atoms with Crippen LogP contribution in [0.4, 0.5) is 0 Å². The lowest BCUT2D eigenvalue weighted by Crippen LogP contribution is -2.55. The SMILES string of the molecule is CCC1(c2ccccc2)CC(S)C(=O)NC1=O. The number of carbonyl (C=O) groups excluding carboxylic acids is 2. The molecular formula is C13H15NO2S. The molecule has 1 aliphatic heterocycles. The van der Waals surface area contributed by atoms with Crippen LogP contribution in [0.25, 0.3) is 0 Å². The molecule has 0 bridgehead atoms. The average Bonchev–Trinajstić information content (AvgIpc) is 2.35. The van der Waals surface area contributed by atoms with Gasteiger partial charge in [0, 0.05) is 0 Å². The lowest BCUT2D eigenvalue weighted by molar-refractivity contribution is -0.137. The molecule has 2 amide bonds. The molecule has 1 heterocycles. The number of benzene rings is 1. The van der Waals surface area contributed by atoms with Crippen LogP contribution in [0.3, 0.4) is 0 Å². The first-order valence-electron chi connectivity index (χ1n) is 5.69. The van der Waals surface area contributed by atoms with Crippen LogP contribution >= 0.6 is 12.6 Å². The second kappa shape index (κ2) is 4.53. The Bertz CT molecular complexity index is 446. The lowest BCUT2D eigenvalue weighted by Gasteiger charge is -2.37. The predicted octanol–water partition coefficient (Wildman–Crippen LogP) is 1.68. The van der Waals surface area contributed by atoms with Gasteiger partial charge in [0.2, 0.25) is 11.8 Å². The van der Waals surface area contributed by atoms with Crippen molar-refractivity contribution in [3.05, 3.63) is 35.9 Å². The van der Waals surface area contributed by atoms with Gasteiger partial charge in [-0.15, -0.1) is 0 Å². The van der Waals surface area contributed by atoms with Crippen molar-refractivity contribution in [2.75, 3.05) is 0 Å². The minimum absolute atomic E-state index is 0.207. The summed E-state index contributed by atoms with van der Waals surface area (Å²) in [5.41, 5.74) is 0.327. The van der Waals surface area contributed by atoms with Crippen molar-refractivity contribution >= 4 is 24.4 Å². The number of rotatable bonds is 2. The Morgan fingerprint density at radius 2 is 2.00 bits per heavy atom. The summed E-state index contributed by atoms with van der Waals surface area (Å²) >= 11 is 4.25. The van der Waals surface area contributed by atoms with Crippen molar-refractivity contribution < 1.29 is 9.59 Å². The number of hydrogen-bond donors (Lipinski definition) is 2. The molecule has 1 aliphatic rings. The topological polar surface area (TPSA) is 46.2 Å². The summed E-state index contributed by atoms with van der Waals surface area (Å²) in [6.07, 6.45) is 1.12. The molecule has 4 heteroatoms. The number of piperidine rings is 1. The van der Waals surface area contributed by atoms with Gasteiger partial charge in [0.15, 0.2) is 0 Å². The second-order valence-electron chi connectivity index (χ2n) is 4.34.